The maximum absolute atomic E-state index is 12.6. The zero-order chi connectivity index (χ0) is 18.0. The molecule has 1 aromatic heterocycles. The summed E-state index contributed by atoms with van der Waals surface area (Å²) in [5.41, 5.74) is 2.78. The number of thiazole rings is 1. The number of rotatable bonds is 3. The van der Waals surface area contributed by atoms with Crippen molar-refractivity contribution >= 4 is 28.3 Å². The molecule has 1 N–H and O–H groups in total. The van der Waals surface area contributed by atoms with E-state index in [-0.39, 0.29) is 18.2 Å². The van der Waals surface area contributed by atoms with E-state index in [4.69, 9.17) is 0 Å². The Kier molecular flexibility index (Phi) is 4.90. The van der Waals surface area contributed by atoms with Gasteiger partial charge in [-0.15, -0.1) is 11.3 Å². The number of hydrogen-bond acceptors (Lipinski definition) is 4. The van der Waals surface area contributed by atoms with Gasteiger partial charge in [0.25, 0.3) is 0 Å². The molecule has 2 aromatic rings. The van der Waals surface area contributed by atoms with Crippen molar-refractivity contribution in [3.05, 3.63) is 46.5 Å². The lowest BCUT2D eigenvalue weighted by Gasteiger charge is -2.28. The maximum atomic E-state index is 12.6. The minimum Gasteiger partial charge on any atom is -0.338 e. The fraction of sp³-hybridized carbons (Fsp3) is 0.421. The van der Waals surface area contributed by atoms with E-state index in [1.807, 2.05) is 43.2 Å². The van der Waals surface area contributed by atoms with Gasteiger partial charge in [0, 0.05) is 23.9 Å². The van der Waals surface area contributed by atoms with Gasteiger partial charge in [-0.3, -0.25) is 9.59 Å². The van der Waals surface area contributed by atoms with E-state index >= 15 is 0 Å². The maximum Gasteiger partial charge on any atom is 0.231 e. The van der Waals surface area contributed by atoms with Gasteiger partial charge < -0.3 is 10.2 Å². The molecule has 6 heteroatoms. The largest absolute Gasteiger partial charge is 0.338 e. The molecule has 132 valence electrons. The molecule has 5 nitrogen and oxygen atoms in total. The third-order valence-corrected chi connectivity index (χ3v) is 5.08. The lowest BCUT2D eigenvalue weighted by atomic mass is 9.96. The summed E-state index contributed by atoms with van der Waals surface area (Å²) in [6.07, 6.45) is 1.16. The molecule has 0 unspecified atom stereocenters. The summed E-state index contributed by atoms with van der Waals surface area (Å²) < 4.78 is 0. The van der Waals surface area contributed by atoms with Crippen LogP contribution in [0, 0.1) is 5.41 Å². The van der Waals surface area contributed by atoms with Gasteiger partial charge in [-0.1, -0.05) is 45.0 Å². The van der Waals surface area contributed by atoms with Gasteiger partial charge in [0.15, 0.2) is 5.13 Å². The van der Waals surface area contributed by atoms with Gasteiger partial charge in [0.2, 0.25) is 11.8 Å². The third-order valence-electron chi connectivity index (χ3n) is 4.27. The summed E-state index contributed by atoms with van der Waals surface area (Å²) in [5, 5.41) is 5.20. The average molecular weight is 357 g/mol. The van der Waals surface area contributed by atoms with E-state index in [9.17, 15) is 9.59 Å². The highest BCUT2D eigenvalue weighted by Crippen LogP contribution is 2.22. The van der Waals surface area contributed by atoms with Crippen LogP contribution < -0.4 is 5.32 Å². The van der Waals surface area contributed by atoms with E-state index in [2.05, 4.69) is 22.4 Å². The second-order valence-electron chi connectivity index (χ2n) is 7.36. The molecule has 25 heavy (non-hydrogen) atoms. The Hall–Kier alpha value is -2.21. The molecule has 0 saturated carbocycles. The molecule has 0 fully saturated rings. The first-order valence-corrected chi connectivity index (χ1v) is 9.31. The Bertz CT molecular complexity index is 792. The number of hydrogen-bond donors (Lipinski definition) is 1. The Balaban J connectivity index is 1.60. The first kappa shape index (κ1) is 17.6. The predicted octanol–water partition coefficient (Wildman–Crippen LogP) is 3.26. The number of anilines is 1. The van der Waals surface area contributed by atoms with E-state index in [0.717, 1.165) is 13.0 Å². The van der Waals surface area contributed by atoms with Crippen molar-refractivity contribution in [1.82, 2.24) is 9.88 Å². The van der Waals surface area contributed by atoms with Gasteiger partial charge >= 0.3 is 0 Å². The Morgan fingerprint density at radius 3 is 2.68 bits per heavy atom. The van der Waals surface area contributed by atoms with Crippen molar-refractivity contribution in [2.45, 2.75) is 40.2 Å². The highest BCUT2D eigenvalue weighted by atomic mass is 32.1. The smallest absolute Gasteiger partial charge is 0.231 e. The second-order valence-corrected chi connectivity index (χ2v) is 8.22. The third kappa shape index (κ3) is 4.25. The zero-order valence-corrected chi connectivity index (χ0v) is 15.7. The lowest BCUT2D eigenvalue weighted by Crippen LogP contribution is -2.36. The summed E-state index contributed by atoms with van der Waals surface area (Å²) >= 11 is 1.36. The minimum atomic E-state index is -0.469. The molecule has 0 saturated heterocycles. The number of carbonyl (C=O) groups is 2. The normalized spacial score (nSPS) is 14.1. The number of aromatic nitrogens is 1. The molecule has 1 aliphatic rings. The first-order chi connectivity index (χ1) is 11.8. The standard InChI is InChI=1S/C19H23N3O2S/c1-19(2,3)17(24)21-18-20-15(12-25-18)10-16(23)22-9-8-13-6-4-5-7-14(13)11-22/h4-7,12H,8-11H2,1-3H3,(H,20,21,24). The van der Waals surface area contributed by atoms with Crippen LogP contribution in [0.3, 0.4) is 0 Å². The molecule has 1 aliphatic heterocycles. The fourth-order valence-electron chi connectivity index (χ4n) is 2.71. The molecule has 1 aromatic carbocycles. The molecule has 2 heterocycles. The van der Waals surface area contributed by atoms with Crippen LogP contribution in [0.15, 0.2) is 29.6 Å². The van der Waals surface area contributed by atoms with Crippen molar-refractivity contribution < 1.29 is 9.59 Å². The molecule has 0 atom stereocenters. The van der Waals surface area contributed by atoms with Crippen LogP contribution in [0.1, 0.15) is 37.6 Å². The monoisotopic (exact) mass is 357 g/mol. The van der Waals surface area contributed by atoms with Crippen LogP contribution in [-0.4, -0.2) is 28.2 Å². The Labute approximate surface area is 152 Å². The van der Waals surface area contributed by atoms with Crippen molar-refractivity contribution in [1.29, 1.82) is 0 Å². The van der Waals surface area contributed by atoms with Gasteiger partial charge in [0.05, 0.1) is 12.1 Å². The molecule has 0 spiro atoms. The van der Waals surface area contributed by atoms with E-state index in [1.165, 1.54) is 22.5 Å². The summed E-state index contributed by atoms with van der Waals surface area (Å²) in [5.74, 6) is 0.000801. The quantitative estimate of drug-likeness (QED) is 0.917. The summed E-state index contributed by atoms with van der Waals surface area (Å²) in [6, 6.07) is 8.26. The minimum absolute atomic E-state index is 0.0765. The number of nitrogens with one attached hydrogen (secondary N) is 1. The van der Waals surface area contributed by atoms with E-state index in [1.54, 1.807) is 0 Å². The van der Waals surface area contributed by atoms with E-state index in [0.29, 0.717) is 17.4 Å². The van der Waals surface area contributed by atoms with Gasteiger partial charge in [-0.2, -0.15) is 0 Å². The Morgan fingerprint density at radius 1 is 1.24 bits per heavy atom. The molecular formula is C19H23N3O2S. The zero-order valence-electron chi connectivity index (χ0n) is 14.8. The second kappa shape index (κ2) is 6.96. The van der Waals surface area contributed by atoms with Crippen molar-refractivity contribution in [2.24, 2.45) is 5.41 Å². The first-order valence-electron chi connectivity index (χ1n) is 8.43. The van der Waals surface area contributed by atoms with Crippen LogP contribution in [0.4, 0.5) is 5.13 Å². The summed E-state index contributed by atoms with van der Waals surface area (Å²) in [6.45, 7) is 6.97. The number of benzene rings is 1. The van der Waals surface area contributed by atoms with Crippen molar-refractivity contribution in [3.63, 3.8) is 0 Å². The van der Waals surface area contributed by atoms with Gasteiger partial charge in [-0.05, 0) is 17.5 Å². The fourth-order valence-corrected chi connectivity index (χ4v) is 3.41. The van der Waals surface area contributed by atoms with Crippen LogP contribution in [0.25, 0.3) is 0 Å². The number of carbonyl (C=O) groups excluding carboxylic acids is 2. The molecule has 0 bridgehead atoms. The van der Waals surface area contributed by atoms with Crippen LogP contribution >= 0.6 is 11.3 Å². The van der Waals surface area contributed by atoms with Crippen molar-refractivity contribution in [3.8, 4) is 0 Å². The average Bonchev–Trinajstić information content (AvgIpc) is 3.00. The number of amides is 2. The number of fused-ring (bicyclic) bond motifs is 1. The highest BCUT2D eigenvalue weighted by molar-refractivity contribution is 7.13. The molecule has 3 rings (SSSR count). The Morgan fingerprint density at radius 2 is 1.96 bits per heavy atom. The van der Waals surface area contributed by atoms with Crippen LogP contribution in [0.2, 0.25) is 0 Å². The highest BCUT2D eigenvalue weighted by Gasteiger charge is 2.23. The molecule has 0 aliphatic carbocycles. The molecular weight excluding hydrogens is 334 g/mol. The van der Waals surface area contributed by atoms with Gasteiger partial charge in [-0.25, -0.2) is 4.98 Å². The van der Waals surface area contributed by atoms with Crippen molar-refractivity contribution in [2.75, 3.05) is 11.9 Å². The van der Waals surface area contributed by atoms with E-state index < -0.39 is 5.41 Å². The topological polar surface area (TPSA) is 62.3 Å². The van der Waals surface area contributed by atoms with Crippen LogP contribution in [-0.2, 0) is 29.0 Å². The molecule has 0 radical (unpaired) electrons. The SMILES string of the molecule is CC(C)(C)C(=O)Nc1nc(CC(=O)N2CCc3ccccc3C2)cs1. The number of nitrogens with zero attached hydrogens (tertiary/aromatic N) is 2. The molecule has 2 amide bonds. The van der Waals surface area contributed by atoms with Crippen LogP contribution in [0.5, 0.6) is 0 Å². The lowest BCUT2D eigenvalue weighted by molar-refractivity contribution is -0.131. The summed E-state index contributed by atoms with van der Waals surface area (Å²) in [7, 11) is 0. The predicted molar refractivity (Wildman–Crippen MR) is 99.5 cm³/mol. The summed E-state index contributed by atoms with van der Waals surface area (Å²) in [4.78, 5) is 30.8. The van der Waals surface area contributed by atoms with Gasteiger partial charge in [0.1, 0.15) is 0 Å².